The Morgan fingerprint density at radius 2 is 1.53 bits per heavy atom. The highest BCUT2D eigenvalue weighted by Crippen LogP contribution is 2.40. The minimum atomic E-state index is -0.593. The Hall–Kier alpha value is -3.94. The molecular formula is C28H28N2O6. The lowest BCUT2D eigenvalue weighted by molar-refractivity contribution is -0.139. The Morgan fingerprint density at radius 1 is 0.889 bits per heavy atom. The molecule has 3 amide bonds. The highest BCUT2D eigenvalue weighted by atomic mass is 16.5. The molecule has 2 saturated heterocycles. The molecule has 2 aliphatic heterocycles. The van der Waals surface area contributed by atoms with Crippen LogP contribution in [0.15, 0.2) is 60.2 Å². The quantitative estimate of drug-likeness (QED) is 0.265. The number of carbonyl (C=O) groups is 4. The third-order valence-electron chi connectivity index (χ3n) is 7.05. The number of nitrogens with zero attached hydrogens (tertiary/aromatic N) is 2. The number of anilines is 2. The predicted molar refractivity (Wildman–Crippen MR) is 133 cm³/mol. The van der Waals surface area contributed by atoms with Gasteiger partial charge in [0.2, 0.25) is 17.7 Å². The number of hydrogen-bond acceptors (Lipinski definition) is 6. The number of benzene rings is 2. The average Bonchev–Trinajstić information content (AvgIpc) is 3.37. The van der Waals surface area contributed by atoms with Gasteiger partial charge in [0.15, 0.2) is 0 Å². The van der Waals surface area contributed by atoms with Gasteiger partial charge >= 0.3 is 5.97 Å². The molecule has 0 unspecified atom stereocenters. The van der Waals surface area contributed by atoms with Crippen molar-refractivity contribution in [3.8, 4) is 11.5 Å². The van der Waals surface area contributed by atoms with Crippen LogP contribution in [0, 0.1) is 17.8 Å². The molecule has 2 heterocycles. The Balaban J connectivity index is 1.22. The van der Waals surface area contributed by atoms with Crippen molar-refractivity contribution in [2.45, 2.75) is 33.1 Å². The van der Waals surface area contributed by atoms with Crippen molar-refractivity contribution in [3.05, 3.63) is 60.2 Å². The molecule has 36 heavy (non-hydrogen) atoms. The molecule has 186 valence electrons. The summed E-state index contributed by atoms with van der Waals surface area (Å²) < 4.78 is 11.0. The number of fused-ring (bicyclic) bond motifs is 1. The van der Waals surface area contributed by atoms with Crippen LogP contribution in [0.2, 0.25) is 0 Å². The van der Waals surface area contributed by atoms with Gasteiger partial charge in [-0.25, -0.2) is 0 Å². The number of carbonyl (C=O) groups excluding carboxylic acids is 4. The fourth-order valence-corrected chi connectivity index (χ4v) is 5.16. The first kappa shape index (κ1) is 23.8. The van der Waals surface area contributed by atoms with Crippen molar-refractivity contribution >= 4 is 35.1 Å². The van der Waals surface area contributed by atoms with Gasteiger partial charge in [-0.2, -0.15) is 0 Å². The largest absolute Gasteiger partial charge is 0.494 e. The van der Waals surface area contributed by atoms with E-state index in [1.165, 1.54) is 4.90 Å². The van der Waals surface area contributed by atoms with Crippen LogP contribution in [0.4, 0.5) is 11.4 Å². The van der Waals surface area contributed by atoms with E-state index in [0.29, 0.717) is 36.6 Å². The van der Waals surface area contributed by atoms with Crippen molar-refractivity contribution in [2.75, 3.05) is 23.0 Å². The van der Waals surface area contributed by atoms with Crippen LogP contribution in [-0.2, 0) is 19.2 Å². The molecule has 0 spiro atoms. The fraction of sp³-hybridized carbons (Fsp3) is 0.357. The summed E-state index contributed by atoms with van der Waals surface area (Å²) in [5, 5.41) is 0. The molecule has 0 aromatic heterocycles. The molecule has 8 heteroatoms. The number of amides is 3. The first-order valence-corrected chi connectivity index (χ1v) is 12.2. The van der Waals surface area contributed by atoms with Gasteiger partial charge in [-0.3, -0.25) is 24.1 Å². The van der Waals surface area contributed by atoms with Crippen molar-refractivity contribution in [2.24, 2.45) is 17.8 Å². The molecule has 0 bridgehead atoms. The molecule has 5 rings (SSSR count). The average molecular weight is 489 g/mol. The number of ether oxygens (including phenoxy) is 2. The van der Waals surface area contributed by atoms with E-state index in [4.69, 9.17) is 9.47 Å². The third kappa shape index (κ3) is 4.39. The minimum absolute atomic E-state index is 0.0666. The van der Waals surface area contributed by atoms with Gasteiger partial charge in [0.05, 0.1) is 30.0 Å². The summed E-state index contributed by atoms with van der Waals surface area (Å²) in [7, 11) is 0. The Morgan fingerprint density at radius 3 is 2.22 bits per heavy atom. The molecule has 1 aliphatic carbocycles. The van der Waals surface area contributed by atoms with E-state index in [2.05, 4.69) is 0 Å². The lowest BCUT2D eigenvalue weighted by Crippen LogP contribution is -2.30. The van der Waals surface area contributed by atoms with Crippen LogP contribution >= 0.6 is 0 Å². The number of esters is 1. The van der Waals surface area contributed by atoms with E-state index in [9.17, 15) is 19.2 Å². The van der Waals surface area contributed by atoms with Gasteiger partial charge in [0.25, 0.3) is 0 Å². The Labute approximate surface area is 209 Å². The van der Waals surface area contributed by atoms with Crippen LogP contribution in [0.5, 0.6) is 11.5 Å². The molecule has 2 fully saturated rings. The zero-order valence-corrected chi connectivity index (χ0v) is 20.3. The summed E-state index contributed by atoms with van der Waals surface area (Å²) in [6.07, 6.45) is 3.29. The molecule has 3 aliphatic rings. The van der Waals surface area contributed by atoms with E-state index in [1.807, 2.05) is 19.9 Å². The maximum absolute atomic E-state index is 12.9. The number of imide groups is 1. The van der Waals surface area contributed by atoms with Crippen molar-refractivity contribution in [3.63, 3.8) is 0 Å². The summed E-state index contributed by atoms with van der Waals surface area (Å²) in [4.78, 5) is 53.9. The SMILES string of the molecule is CCOc1ccc(N2C[C@H](C(=O)Oc3ccc(N4C(=O)[C@H]5CC(C)=CC[C@H]5C4=O)cc3)CC2=O)cc1. The lowest BCUT2D eigenvalue weighted by Gasteiger charge is -2.18. The maximum atomic E-state index is 12.9. The first-order chi connectivity index (χ1) is 17.4. The summed E-state index contributed by atoms with van der Waals surface area (Å²) in [6.45, 7) is 4.67. The van der Waals surface area contributed by atoms with Gasteiger partial charge in [-0.1, -0.05) is 11.6 Å². The molecule has 0 N–H and O–H groups in total. The van der Waals surface area contributed by atoms with E-state index in [0.717, 1.165) is 11.3 Å². The van der Waals surface area contributed by atoms with Gasteiger partial charge in [-0.05, 0) is 75.2 Å². The van der Waals surface area contributed by atoms with E-state index < -0.39 is 11.9 Å². The molecular weight excluding hydrogens is 460 g/mol. The van der Waals surface area contributed by atoms with Crippen LogP contribution < -0.4 is 19.3 Å². The van der Waals surface area contributed by atoms with Crippen LogP contribution in [0.1, 0.15) is 33.1 Å². The predicted octanol–water partition coefficient (Wildman–Crippen LogP) is 3.89. The van der Waals surface area contributed by atoms with Crippen LogP contribution in [0.25, 0.3) is 0 Å². The van der Waals surface area contributed by atoms with Gasteiger partial charge in [-0.15, -0.1) is 0 Å². The minimum Gasteiger partial charge on any atom is -0.494 e. The van der Waals surface area contributed by atoms with E-state index >= 15 is 0 Å². The van der Waals surface area contributed by atoms with Crippen LogP contribution in [0.3, 0.4) is 0 Å². The first-order valence-electron chi connectivity index (χ1n) is 12.2. The van der Waals surface area contributed by atoms with Crippen molar-refractivity contribution < 1.29 is 28.7 Å². The zero-order valence-electron chi connectivity index (χ0n) is 20.3. The smallest absolute Gasteiger partial charge is 0.316 e. The second-order valence-electron chi connectivity index (χ2n) is 9.46. The molecule has 0 saturated carbocycles. The normalized spacial score (nSPS) is 23.6. The fourth-order valence-electron chi connectivity index (χ4n) is 5.16. The second kappa shape index (κ2) is 9.60. The summed E-state index contributed by atoms with van der Waals surface area (Å²) >= 11 is 0. The molecule has 3 atom stereocenters. The van der Waals surface area contributed by atoms with Crippen LogP contribution in [-0.4, -0.2) is 36.8 Å². The summed E-state index contributed by atoms with van der Waals surface area (Å²) in [5.74, 6) is -1.20. The zero-order chi connectivity index (χ0) is 25.4. The van der Waals surface area contributed by atoms with Gasteiger partial charge in [0, 0.05) is 18.7 Å². The second-order valence-corrected chi connectivity index (χ2v) is 9.46. The Bertz CT molecular complexity index is 1230. The summed E-state index contributed by atoms with van der Waals surface area (Å²) in [5.41, 5.74) is 2.30. The standard InChI is InChI=1S/C28H28N2O6/c1-3-35-21-9-5-19(6-10-21)29-16-18(15-25(29)31)28(34)36-22-11-7-20(8-12-22)30-26(32)23-13-4-17(2)14-24(23)27(30)33/h4-12,18,23-24H,3,13-16H2,1-2H3/t18-,23-,24+/m1/s1. The lowest BCUT2D eigenvalue weighted by atomic mass is 9.82. The van der Waals surface area contributed by atoms with E-state index in [1.54, 1.807) is 53.4 Å². The molecule has 2 aromatic carbocycles. The van der Waals surface area contributed by atoms with Gasteiger partial charge < -0.3 is 14.4 Å². The monoisotopic (exact) mass is 488 g/mol. The maximum Gasteiger partial charge on any atom is 0.316 e. The van der Waals surface area contributed by atoms with E-state index in [-0.39, 0.29) is 42.5 Å². The molecule has 2 aromatic rings. The summed E-state index contributed by atoms with van der Waals surface area (Å²) in [6, 6.07) is 13.5. The van der Waals surface area contributed by atoms with Crippen molar-refractivity contribution in [1.82, 2.24) is 0 Å². The Kier molecular flexibility index (Phi) is 6.35. The number of allylic oxidation sites excluding steroid dienone is 2. The number of hydrogen-bond donors (Lipinski definition) is 0. The van der Waals surface area contributed by atoms with Gasteiger partial charge in [0.1, 0.15) is 11.5 Å². The number of rotatable bonds is 6. The highest BCUT2D eigenvalue weighted by molar-refractivity contribution is 6.22. The topological polar surface area (TPSA) is 93.2 Å². The third-order valence-corrected chi connectivity index (χ3v) is 7.05. The highest BCUT2D eigenvalue weighted by Gasteiger charge is 2.48. The van der Waals surface area contributed by atoms with Crippen molar-refractivity contribution in [1.29, 1.82) is 0 Å². The molecule has 8 nitrogen and oxygen atoms in total. The molecule has 0 radical (unpaired) electrons.